The van der Waals surface area contributed by atoms with Gasteiger partial charge in [0, 0.05) is 31.2 Å². The second-order valence-electron chi connectivity index (χ2n) is 4.92. The lowest BCUT2D eigenvalue weighted by molar-refractivity contribution is 0.0905. The number of hydrogen-bond acceptors (Lipinski definition) is 4. The quantitative estimate of drug-likeness (QED) is 0.602. The highest BCUT2D eigenvalue weighted by atomic mass is 79.9. The zero-order chi connectivity index (χ0) is 17.1. The molecule has 0 radical (unpaired) electrons. The van der Waals surface area contributed by atoms with Gasteiger partial charge in [-0.05, 0) is 0 Å². The maximum atomic E-state index is 12.8. The van der Waals surface area contributed by atoms with Crippen LogP contribution >= 0.6 is 15.9 Å². The molecule has 1 heterocycles. The minimum absolute atomic E-state index is 0.0525. The number of imidazole rings is 1. The summed E-state index contributed by atoms with van der Waals surface area (Å²) in [6.45, 7) is 2.41. The Morgan fingerprint density at radius 1 is 1.00 bits per heavy atom. The Morgan fingerprint density at radius 2 is 1.57 bits per heavy atom. The lowest BCUT2D eigenvalue weighted by Gasteiger charge is -2.06. The van der Waals surface area contributed by atoms with Crippen LogP contribution in [0.1, 0.15) is 45.2 Å². The molecular formula is C16H15BrN2O4. The molecule has 0 aliphatic rings. The Kier molecular flexibility index (Phi) is 5.10. The Labute approximate surface area is 140 Å². The maximum Gasteiger partial charge on any atom is 0.342 e. The zero-order valence-corrected chi connectivity index (χ0v) is 14.3. The van der Waals surface area contributed by atoms with Crippen molar-refractivity contribution in [3.8, 4) is 0 Å². The average Bonchev–Trinajstić information content (AvgIpc) is 2.80. The number of nitrogens with zero attached hydrogens (tertiary/aromatic N) is 2. The van der Waals surface area contributed by atoms with Crippen LogP contribution in [0.4, 0.5) is 0 Å². The van der Waals surface area contributed by atoms with E-state index in [4.69, 9.17) is 0 Å². The molecule has 0 amide bonds. The van der Waals surface area contributed by atoms with Crippen molar-refractivity contribution < 1.29 is 14.4 Å². The van der Waals surface area contributed by atoms with Crippen molar-refractivity contribution in [1.29, 1.82) is 0 Å². The average molecular weight is 379 g/mol. The fourth-order valence-corrected chi connectivity index (χ4v) is 2.82. The van der Waals surface area contributed by atoms with Gasteiger partial charge in [0.1, 0.15) is 5.69 Å². The summed E-state index contributed by atoms with van der Waals surface area (Å²) < 4.78 is 1.66. The van der Waals surface area contributed by atoms with Gasteiger partial charge < -0.3 is 0 Å². The topological polar surface area (TPSA) is 78.1 Å². The number of carbonyl (C=O) groups is 3. The summed E-state index contributed by atoms with van der Waals surface area (Å²) in [5.41, 5.74) is -0.272. The van der Waals surface area contributed by atoms with Gasteiger partial charge in [0.05, 0.1) is 5.69 Å². The highest BCUT2D eigenvalue weighted by Crippen LogP contribution is 2.16. The first-order valence-electron chi connectivity index (χ1n) is 6.94. The van der Waals surface area contributed by atoms with E-state index in [2.05, 4.69) is 15.9 Å². The molecule has 0 atom stereocenters. The van der Waals surface area contributed by atoms with Crippen molar-refractivity contribution in [1.82, 2.24) is 9.13 Å². The van der Waals surface area contributed by atoms with Crippen molar-refractivity contribution in [3.63, 3.8) is 0 Å². The summed E-state index contributed by atoms with van der Waals surface area (Å²) in [4.78, 5) is 48.9. The number of ketones is 1. The van der Waals surface area contributed by atoms with Gasteiger partial charge in [0.25, 0.3) is 0 Å². The molecule has 0 saturated heterocycles. The normalized spacial score (nSPS) is 10.6. The van der Waals surface area contributed by atoms with E-state index in [-0.39, 0.29) is 17.8 Å². The molecule has 0 aliphatic carbocycles. The Morgan fingerprint density at radius 3 is 2.04 bits per heavy atom. The second-order valence-corrected chi connectivity index (χ2v) is 5.71. The SMILES string of the molecule is CC(=O)n1c(CCBr)c(C(=O)c2ccccc2)n(C(C)=O)c1=O. The molecule has 0 spiro atoms. The van der Waals surface area contributed by atoms with Gasteiger partial charge in [0.2, 0.25) is 17.6 Å². The molecule has 2 aromatic rings. The molecule has 0 unspecified atom stereocenters. The molecule has 2 rings (SSSR count). The van der Waals surface area contributed by atoms with Crippen LogP contribution in [-0.2, 0) is 6.42 Å². The van der Waals surface area contributed by atoms with Gasteiger partial charge in [-0.2, -0.15) is 0 Å². The van der Waals surface area contributed by atoms with Crippen molar-refractivity contribution >= 4 is 33.5 Å². The molecule has 0 saturated carbocycles. The molecule has 1 aromatic heterocycles. The van der Waals surface area contributed by atoms with Gasteiger partial charge in [-0.3, -0.25) is 14.4 Å². The van der Waals surface area contributed by atoms with Gasteiger partial charge in [-0.15, -0.1) is 0 Å². The van der Waals surface area contributed by atoms with Crippen LogP contribution in [0.2, 0.25) is 0 Å². The first kappa shape index (κ1) is 17.1. The predicted molar refractivity (Wildman–Crippen MR) is 88.7 cm³/mol. The molecule has 23 heavy (non-hydrogen) atoms. The summed E-state index contributed by atoms with van der Waals surface area (Å²) in [5.74, 6) is -1.60. The van der Waals surface area contributed by atoms with Crippen molar-refractivity contribution in [3.05, 3.63) is 57.8 Å². The number of aromatic nitrogens is 2. The van der Waals surface area contributed by atoms with Gasteiger partial charge in [-0.1, -0.05) is 46.3 Å². The first-order valence-corrected chi connectivity index (χ1v) is 8.06. The number of halogens is 1. The Bertz CT molecular complexity index is 834. The molecule has 1 aromatic carbocycles. The van der Waals surface area contributed by atoms with Crippen LogP contribution < -0.4 is 5.69 Å². The molecule has 6 nitrogen and oxygen atoms in total. The van der Waals surface area contributed by atoms with Crippen LogP contribution in [0.15, 0.2) is 35.1 Å². The second kappa shape index (κ2) is 6.87. The number of carbonyl (C=O) groups excluding carboxylic acids is 3. The molecule has 120 valence electrons. The standard InChI is InChI=1S/C16H15BrN2O4/c1-10(20)18-13(8-9-17)14(19(11(2)21)16(18)23)15(22)12-6-4-3-5-7-12/h3-7H,8-9H2,1-2H3. The number of alkyl halides is 1. The van der Waals surface area contributed by atoms with E-state index in [1.165, 1.54) is 13.8 Å². The largest absolute Gasteiger partial charge is 0.342 e. The third-order valence-electron chi connectivity index (χ3n) is 3.36. The van der Waals surface area contributed by atoms with Crippen LogP contribution in [0.25, 0.3) is 0 Å². The van der Waals surface area contributed by atoms with E-state index in [1.807, 2.05) is 0 Å². The summed E-state index contributed by atoms with van der Waals surface area (Å²) in [5, 5.41) is 0.441. The van der Waals surface area contributed by atoms with Gasteiger partial charge >= 0.3 is 5.69 Å². The van der Waals surface area contributed by atoms with Crippen molar-refractivity contribution in [2.45, 2.75) is 20.3 Å². The van der Waals surface area contributed by atoms with Crippen LogP contribution in [0.3, 0.4) is 0 Å². The Hall–Kier alpha value is -2.28. The number of rotatable bonds is 4. The first-order chi connectivity index (χ1) is 10.9. The Balaban J connectivity index is 2.82. The molecule has 0 bridgehead atoms. The summed E-state index contributed by atoms with van der Waals surface area (Å²) in [6, 6.07) is 8.33. The van der Waals surface area contributed by atoms with Crippen LogP contribution in [0, 0.1) is 0 Å². The van der Waals surface area contributed by atoms with E-state index in [0.29, 0.717) is 10.9 Å². The van der Waals surface area contributed by atoms with E-state index >= 15 is 0 Å². The van der Waals surface area contributed by atoms with E-state index < -0.39 is 23.3 Å². The third kappa shape index (κ3) is 3.10. The minimum Gasteiger partial charge on any atom is -0.287 e. The maximum absolute atomic E-state index is 12.8. The van der Waals surface area contributed by atoms with Gasteiger partial charge in [0.15, 0.2) is 0 Å². The highest BCUT2D eigenvalue weighted by molar-refractivity contribution is 9.09. The van der Waals surface area contributed by atoms with E-state index in [1.54, 1.807) is 30.3 Å². The lowest BCUT2D eigenvalue weighted by Crippen LogP contribution is -2.31. The monoisotopic (exact) mass is 378 g/mol. The van der Waals surface area contributed by atoms with E-state index in [0.717, 1.165) is 9.13 Å². The fraction of sp³-hybridized carbons (Fsp3) is 0.250. The molecule has 0 N–H and O–H groups in total. The molecular weight excluding hydrogens is 364 g/mol. The molecule has 7 heteroatoms. The fourth-order valence-electron chi connectivity index (χ4n) is 2.44. The van der Waals surface area contributed by atoms with E-state index in [9.17, 15) is 19.2 Å². The number of hydrogen-bond donors (Lipinski definition) is 0. The molecule has 0 aliphatic heterocycles. The summed E-state index contributed by atoms with van der Waals surface area (Å²) >= 11 is 3.25. The summed E-state index contributed by atoms with van der Waals surface area (Å²) in [7, 11) is 0. The van der Waals surface area contributed by atoms with Crippen molar-refractivity contribution in [2.24, 2.45) is 0 Å². The van der Waals surface area contributed by atoms with Crippen molar-refractivity contribution in [2.75, 3.05) is 5.33 Å². The summed E-state index contributed by atoms with van der Waals surface area (Å²) in [6.07, 6.45) is 0.267. The highest BCUT2D eigenvalue weighted by Gasteiger charge is 2.28. The smallest absolute Gasteiger partial charge is 0.287 e. The van der Waals surface area contributed by atoms with Gasteiger partial charge in [-0.25, -0.2) is 13.9 Å². The predicted octanol–water partition coefficient (Wildman–Crippen LogP) is 2.14. The zero-order valence-electron chi connectivity index (χ0n) is 12.7. The van der Waals surface area contributed by atoms with Crippen LogP contribution in [-0.4, -0.2) is 32.1 Å². The lowest BCUT2D eigenvalue weighted by atomic mass is 10.1. The molecule has 0 fully saturated rings. The number of benzene rings is 1. The van der Waals surface area contributed by atoms with Crippen LogP contribution in [0.5, 0.6) is 0 Å². The third-order valence-corrected chi connectivity index (χ3v) is 3.76. The minimum atomic E-state index is -0.805.